The van der Waals surface area contributed by atoms with Gasteiger partial charge in [-0.2, -0.15) is 0 Å². The fourth-order valence-corrected chi connectivity index (χ4v) is 3.37. The molecule has 9 heteroatoms. The van der Waals surface area contributed by atoms with Crippen molar-refractivity contribution in [2.24, 2.45) is 5.73 Å². The van der Waals surface area contributed by atoms with E-state index in [-0.39, 0.29) is 17.5 Å². The predicted molar refractivity (Wildman–Crippen MR) is 110 cm³/mol. The van der Waals surface area contributed by atoms with E-state index in [9.17, 15) is 13.6 Å². The average Bonchev–Trinajstić information content (AvgIpc) is 2.94. The van der Waals surface area contributed by atoms with Crippen LogP contribution in [0.2, 0.25) is 0 Å². The Morgan fingerprint density at radius 3 is 2.53 bits per heavy atom. The molecule has 0 radical (unpaired) electrons. The second-order valence-electron chi connectivity index (χ2n) is 6.92. The lowest BCUT2D eigenvalue weighted by atomic mass is 10.2. The van der Waals surface area contributed by atoms with Gasteiger partial charge in [0.2, 0.25) is 11.8 Å². The summed E-state index contributed by atoms with van der Waals surface area (Å²) in [6.45, 7) is 3.81. The van der Waals surface area contributed by atoms with E-state index in [0.717, 1.165) is 50.4 Å². The number of aromatic nitrogens is 1. The SMILES string of the molecule is NC(=O)c1nc(-c2c(F)cccc2F)oc1Nc1ccc(N2CCCNCC2)cc1. The van der Waals surface area contributed by atoms with Crippen molar-refractivity contribution < 1.29 is 18.0 Å². The van der Waals surface area contributed by atoms with Crippen LogP contribution in [0.15, 0.2) is 46.9 Å². The standard InChI is InChI=1S/C21H21F2N5O2/c22-15-3-1-4-16(23)17(15)20-27-18(19(24)29)21(30-20)26-13-5-7-14(8-6-13)28-11-2-9-25-10-12-28/h1,3-8,25-26H,2,9-12H2,(H2,24,29). The van der Waals surface area contributed by atoms with E-state index < -0.39 is 23.1 Å². The number of hydrogen-bond acceptors (Lipinski definition) is 6. The zero-order valence-electron chi connectivity index (χ0n) is 16.1. The molecule has 1 aliphatic rings. The number of hydrogen-bond donors (Lipinski definition) is 3. The van der Waals surface area contributed by atoms with Crippen LogP contribution in [0.3, 0.4) is 0 Å². The number of nitrogens with zero attached hydrogens (tertiary/aromatic N) is 2. The van der Waals surface area contributed by atoms with Gasteiger partial charge in [0.05, 0.1) is 0 Å². The van der Waals surface area contributed by atoms with Gasteiger partial charge < -0.3 is 25.7 Å². The van der Waals surface area contributed by atoms with Crippen LogP contribution >= 0.6 is 0 Å². The van der Waals surface area contributed by atoms with Crippen LogP contribution in [0, 0.1) is 11.6 Å². The Labute approximate surface area is 171 Å². The molecule has 30 heavy (non-hydrogen) atoms. The first-order chi connectivity index (χ1) is 14.5. The largest absolute Gasteiger partial charge is 0.419 e. The molecule has 4 rings (SSSR count). The molecule has 0 aliphatic carbocycles. The van der Waals surface area contributed by atoms with Gasteiger partial charge in [0.1, 0.15) is 17.2 Å². The Bertz CT molecular complexity index is 1020. The minimum Gasteiger partial charge on any atom is -0.419 e. The first-order valence-electron chi connectivity index (χ1n) is 9.60. The number of nitrogens with two attached hydrogens (primary N) is 1. The maximum Gasteiger partial charge on any atom is 0.273 e. The fourth-order valence-electron chi connectivity index (χ4n) is 3.37. The van der Waals surface area contributed by atoms with Crippen LogP contribution in [-0.2, 0) is 0 Å². The summed E-state index contributed by atoms with van der Waals surface area (Å²) in [5.74, 6) is -3.02. The van der Waals surface area contributed by atoms with Crippen LogP contribution in [0.5, 0.6) is 0 Å². The minimum atomic E-state index is -0.877. The zero-order valence-corrected chi connectivity index (χ0v) is 16.1. The molecule has 4 N–H and O–H groups in total. The molecule has 156 valence electrons. The summed E-state index contributed by atoms with van der Waals surface area (Å²) in [5, 5.41) is 6.28. The van der Waals surface area contributed by atoms with Gasteiger partial charge in [-0.3, -0.25) is 4.79 Å². The number of carbonyl (C=O) groups excluding carboxylic acids is 1. The molecule has 1 aliphatic heterocycles. The van der Waals surface area contributed by atoms with Crippen molar-refractivity contribution in [3.05, 3.63) is 59.8 Å². The summed E-state index contributed by atoms with van der Waals surface area (Å²) in [4.78, 5) is 18.0. The molecule has 0 unspecified atom stereocenters. The van der Waals surface area contributed by atoms with Crippen molar-refractivity contribution in [3.63, 3.8) is 0 Å². The Hall–Kier alpha value is -3.46. The summed E-state index contributed by atoms with van der Waals surface area (Å²) in [6.07, 6.45) is 1.06. The van der Waals surface area contributed by atoms with Crippen molar-refractivity contribution in [2.45, 2.75) is 6.42 Å². The molecule has 3 aromatic rings. The monoisotopic (exact) mass is 413 g/mol. The van der Waals surface area contributed by atoms with Crippen molar-refractivity contribution in [3.8, 4) is 11.5 Å². The topological polar surface area (TPSA) is 96.4 Å². The highest BCUT2D eigenvalue weighted by molar-refractivity contribution is 5.96. The number of rotatable bonds is 5. The van der Waals surface area contributed by atoms with Gasteiger partial charge in [-0.25, -0.2) is 13.8 Å². The summed E-state index contributed by atoms with van der Waals surface area (Å²) in [5.41, 5.74) is 6.36. The predicted octanol–water partition coefficient (Wildman–Crippen LogP) is 3.26. The highest BCUT2D eigenvalue weighted by Gasteiger charge is 2.23. The summed E-state index contributed by atoms with van der Waals surface area (Å²) in [7, 11) is 0. The number of primary amides is 1. The highest BCUT2D eigenvalue weighted by Crippen LogP contribution is 2.31. The average molecular weight is 413 g/mol. The molecule has 2 aromatic carbocycles. The van der Waals surface area contributed by atoms with Crippen LogP contribution < -0.4 is 21.3 Å². The van der Waals surface area contributed by atoms with Crippen molar-refractivity contribution >= 4 is 23.2 Å². The number of halogens is 2. The van der Waals surface area contributed by atoms with Crippen molar-refractivity contribution in [2.75, 3.05) is 36.4 Å². The molecule has 1 fully saturated rings. The molecule has 1 amide bonds. The van der Waals surface area contributed by atoms with Crippen LogP contribution in [0.1, 0.15) is 16.9 Å². The van der Waals surface area contributed by atoms with E-state index >= 15 is 0 Å². The first-order valence-corrected chi connectivity index (χ1v) is 9.60. The van der Waals surface area contributed by atoms with E-state index in [1.54, 1.807) is 0 Å². The molecule has 2 heterocycles. The quantitative estimate of drug-likeness (QED) is 0.594. The molecule has 0 bridgehead atoms. The van der Waals surface area contributed by atoms with Crippen molar-refractivity contribution in [1.82, 2.24) is 10.3 Å². The lowest BCUT2D eigenvalue weighted by Gasteiger charge is -2.22. The van der Waals surface area contributed by atoms with E-state index in [2.05, 4.69) is 20.5 Å². The first kappa shape index (κ1) is 19.8. The third-order valence-corrected chi connectivity index (χ3v) is 4.87. The molecular formula is C21H21F2N5O2. The molecule has 0 saturated carbocycles. The minimum absolute atomic E-state index is 0.0770. The lowest BCUT2D eigenvalue weighted by Crippen LogP contribution is -2.27. The summed E-state index contributed by atoms with van der Waals surface area (Å²) >= 11 is 0. The van der Waals surface area contributed by atoms with Crippen LogP contribution in [-0.4, -0.2) is 37.1 Å². The molecule has 1 aromatic heterocycles. The van der Waals surface area contributed by atoms with Gasteiger partial charge in [0.25, 0.3) is 5.91 Å². The van der Waals surface area contributed by atoms with Crippen molar-refractivity contribution in [1.29, 1.82) is 0 Å². The third kappa shape index (κ3) is 4.11. The maximum atomic E-state index is 14.1. The molecule has 0 atom stereocenters. The van der Waals surface area contributed by atoms with Gasteiger partial charge >= 0.3 is 0 Å². The molecule has 1 saturated heterocycles. The van der Waals surface area contributed by atoms with E-state index in [1.807, 2.05) is 24.3 Å². The summed E-state index contributed by atoms with van der Waals surface area (Å²) < 4.78 is 33.6. The Morgan fingerprint density at radius 2 is 1.83 bits per heavy atom. The Balaban J connectivity index is 1.60. The van der Waals surface area contributed by atoms with Gasteiger partial charge in [-0.15, -0.1) is 0 Å². The van der Waals surface area contributed by atoms with Gasteiger partial charge in [-0.05, 0) is 49.4 Å². The maximum absolute atomic E-state index is 14.1. The number of oxazole rings is 1. The number of amides is 1. The lowest BCUT2D eigenvalue weighted by molar-refractivity contribution is 0.0996. The highest BCUT2D eigenvalue weighted by atomic mass is 19.1. The number of carbonyl (C=O) groups is 1. The molecule has 0 spiro atoms. The zero-order chi connectivity index (χ0) is 21.1. The second kappa shape index (κ2) is 8.50. The molecule has 7 nitrogen and oxygen atoms in total. The fraction of sp³-hybridized carbons (Fsp3) is 0.238. The Morgan fingerprint density at radius 1 is 1.10 bits per heavy atom. The van der Waals surface area contributed by atoms with Gasteiger partial charge in [-0.1, -0.05) is 6.07 Å². The van der Waals surface area contributed by atoms with Crippen LogP contribution in [0.4, 0.5) is 26.0 Å². The smallest absolute Gasteiger partial charge is 0.273 e. The normalized spacial score (nSPS) is 14.4. The van der Waals surface area contributed by atoms with Gasteiger partial charge in [0, 0.05) is 31.0 Å². The molecular weight excluding hydrogens is 392 g/mol. The number of benzene rings is 2. The summed E-state index contributed by atoms with van der Waals surface area (Å²) in [6, 6.07) is 10.9. The second-order valence-corrected chi connectivity index (χ2v) is 6.92. The van der Waals surface area contributed by atoms with Crippen LogP contribution in [0.25, 0.3) is 11.5 Å². The van der Waals surface area contributed by atoms with E-state index in [1.165, 1.54) is 6.07 Å². The van der Waals surface area contributed by atoms with E-state index in [0.29, 0.717) is 5.69 Å². The number of nitrogens with one attached hydrogen (secondary N) is 2. The number of anilines is 3. The third-order valence-electron chi connectivity index (χ3n) is 4.87. The Kier molecular flexibility index (Phi) is 5.62. The van der Waals surface area contributed by atoms with Gasteiger partial charge in [0.15, 0.2) is 5.69 Å². The van der Waals surface area contributed by atoms with E-state index in [4.69, 9.17) is 10.2 Å².